The van der Waals surface area contributed by atoms with Crippen LogP contribution in [0.4, 0.5) is 36.8 Å². The topological polar surface area (TPSA) is 56.1 Å². The first-order chi connectivity index (χ1) is 11.8. The molecule has 2 aromatic rings. The van der Waals surface area contributed by atoms with Crippen molar-refractivity contribution in [1.29, 1.82) is 0 Å². The van der Waals surface area contributed by atoms with Crippen LogP contribution in [0, 0.1) is 17.5 Å². The van der Waals surface area contributed by atoms with Gasteiger partial charge in [0.15, 0.2) is 17.3 Å². The van der Waals surface area contributed by atoms with Crippen LogP contribution in [0.1, 0.15) is 26.5 Å². The fourth-order valence-electron chi connectivity index (χ4n) is 2.03. The average molecular weight is 381 g/mol. The lowest BCUT2D eigenvalue weighted by atomic mass is 10.2. The third-order valence-corrected chi connectivity index (χ3v) is 2.87. The summed E-state index contributed by atoms with van der Waals surface area (Å²) < 4.78 is 85.6. The van der Waals surface area contributed by atoms with Crippen LogP contribution >= 0.6 is 0 Å². The molecule has 1 N–H and O–H groups in total. The van der Waals surface area contributed by atoms with Crippen molar-refractivity contribution < 1.29 is 35.9 Å². The summed E-state index contributed by atoms with van der Waals surface area (Å²) in [5.74, 6) is -4.50. The molecule has 142 valence electrons. The van der Waals surface area contributed by atoms with E-state index in [1.54, 1.807) is 0 Å². The minimum Gasteiger partial charge on any atom is -0.444 e. The number of hydrogen-bond donors (Lipinski definition) is 1. The van der Waals surface area contributed by atoms with Crippen molar-refractivity contribution in [3.8, 4) is 5.69 Å². The smallest absolute Gasteiger partial charge is 0.435 e. The Hall–Kier alpha value is -2.72. The number of benzene rings is 1. The molecule has 0 radical (unpaired) electrons. The van der Waals surface area contributed by atoms with E-state index in [9.17, 15) is 31.1 Å². The number of carbonyl (C=O) groups excluding carboxylic acids is 1. The SMILES string of the molecule is CC(C)(C)OC(=O)Nc1cnn(-c2c(F)cc(F)cc2F)c1C(F)(F)F. The molecule has 0 aliphatic heterocycles. The third-order valence-electron chi connectivity index (χ3n) is 2.87. The largest absolute Gasteiger partial charge is 0.444 e. The number of aromatic nitrogens is 2. The van der Waals surface area contributed by atoms with E-state index in [1.807, 2.05) is 5.32 Å². The number of alkyl halides is 3. The van der Waals surface area contributed by atoms with Gasteiger partial charge in [-0.05, 0) is 20.8 Å². The van der Waals surface area contributed by atoms with Crippen molar-refractivity contribution in [1.82, 2.24) is 9.78 Å². The Morgan fingerprint density at radius 2 is 1.65 bits per heavy atom. The second kappa shape index (κ2) is 6.54. The number of amides is 1. The lowest BCUT2D eigenvalue weighted by Crippen LogP contribution is -2.28. The maximum atomic E-state index is 13.8. The van der Waals surface area contributed by atoms with Gasteiger partial charge in [0.05, 0.1) is 11.9 Å². The zero-order valence-electron chi connectivity index (χ0n) is 13.7. The Labute approximate surface area is 143 Å². The van der Waals surface area contributed by atoms with Crippen LogP contribution in [0.3, 0.4) is 0 Å². The van der Waals surface area contributed by atoms with E-state index in [4.69, 9.17) is 4.74 Å². The second-order valence-electron chi connectivity index (χ2n) is 6.16. The van der Waals surface area contributed by atoms with E-state index in [0.29, 0.717) is 6.20 Å². The monoisotopic (exact) mass is 381 g/mol. The number of nitrogens with one attached hydrogen (secondary N) is 1. The number of halogens is 6. The molecule has 1 heterocycles. The Kier molecular flexibility index (Phi) is 4.93. The van der Waals surface area contributed by atoms with Gasteiger partial charge in [-0.25, -0.2) is 22.6 Å². The molecule has 0 atom stereocenters. The summed E-state index contributed by atoms with van der Waals surface area (Å²) in [5, 5.41) is 5.11. The first-order valence-electron chi connectivity index (χ1n) is 7.10. The molecule has 1 aromatic carbocycles. The number of anilines is 1. The Morgan fingerprint density at radius 1 is 1.12 bits per heavy atom. The highest BCUT2D eigenvalue weighted by Gasteiger charge is 2.40. The minimum absolute atomic E-state index is 0.100. The normalized spacial score (nSPS) is 12.2. The molecule has 0 aliphatic rings. The number of hydrogen-bond acceptors (Lipinski definition) is 3. The predicted octanol–water partition coefficient (Wildman–Crippen LogP) is 4.66. The summed E-state index contributed by atoms with van der Waals surface area (Å²) in [6.45, 7) is 4.47. The van der Waals surface area contributed by atoms with E-state index < -0.39 is 52.4 Å². The summed E-state index contributed by atoms with van der Waals surface area (Å²) >= 11 is 0. The summed E-state index contributed by atoms with van der Waals surface area (Å²) in [6.07, 6.45) is -5.81. The van der Waals surface area contributed by atoms with E-state index in [2.05, 4.69) is 5.10 Å². The number of nitrogens with zero attached hydrogens (tertiary/aromatic N) is 2. The summed E-state index contributed by atoms with van der Waals surface area (Å²) in [5.41, 5.74) is -4.77. The Morgan fingerprint density at radius 3 is 2.12 bits per heavy atom. The fourth-order valence-corrected chi connectivity index (χ4v) is 2.03. The standard InChI is InChI=1S/C15H13F6N3O2/c1-14(2,3)26-13(25)23-10-6-22-24(12(10)15(19,20)21)11-8(17)4-7(16)5-9(11)18/h4-6H,1-3H3,(H,23,25). The summed E-state index contributed by atoms with van der Waals surface area (Å²) in [4.78, 5) is 11.7. The van der Waals surface area contributed by atoms with Gasteiger partial charge in [0.2, 0.25) is 0 Å². The molecule has 2 rings (SSSR count). The van der Waals surface area contributed by atoms with E-state index >= 15 is 0 Å². The lowest BCUT2D eigenvalue weighted by molar-refractivity contribution is -0.142. The quantitative estimate of drug-likeness (QED) is 0.770. The molecule has 0 fully saturated rings. The molecule has 5 nitrogen and oxygen atoms in total. The van der Waals surface area contributed by atoms with Crippen LogP contribution in [-0.2, 0) is 10.9 Å². The van der Waals surface area contributed by atoms with E-state index in [-0.39, 0.29) is 16.8 Å². The zero-order valence-corrected chi connectivity index (χ0v) is 13.7. The number of rotatable bonds is 2. The highest BCUT2D eigenvalue weighted by Crippen LogP contribution is 2.37. The van der Waals surface area contributed by atoms with Gasteiger partial charge in [-0.3, -0.25) is 5.32 Å². The van der Waals surface area contributed by atoms with Gasteiger partial charge >= 0.3 is 12.3 Å². The summed E-state index contributed by atoms with van der Waals surface area (Å²) in [7, 11) is 0. The highest BCUT2D eigenvalue weighted by molar-refractivity contribution is 5.85. The maximum absolute atomic E-state index is 13.8. The molecule has 0 saturated carbocycles. The summed E-state index contributed by atoms with van der Waals surface area (Å²) in [6, 6.07) is 0.419. The molecule has 0 saturated heterocycles. The van der Waals surface area contributed by atoms with Crippen LogP contribution in [-0.4, -0.2) is 21.5 Å². The molecule has 0 bridgehead atoms. The predicted molar refractivity (Wildman–Crippen MR) is 78.3 cm³/mol. The highest BCUT2D eigenvalue weighted by atomic mass is 19.4. The van der Waals surface area contributed by atoms with Crippen molar-refractivity contribution >= 4 is 11.8 Å². The van der Waals surface area contributed by atoms with Gasteiger partial charge < -0.3 is 4.74 Å². The Bertz CT molecular complexity index is 816. The van der Waals surface area contributed by atoms with Crippen molar-refractivity contribution in [2.75, 3.05) is 5.32 Å². The minimum atomic E-state index is -5.14. The van der Waals surface area contributed by atoms with E-state index in [0.717, 1.165) is 0 Å². The molecule has 0 unspecified atom stereocenters. The van der Waals surface area contributed by atoms with Gasteiger partial charge in [-0.1, -0.05) is 0 Å². The molecular weight excluding hydrogens is 368 g/mol. The number of carbonyl (C=O) groups is 1. The molecular formula is C15H13F6N3O2. The maximum Gasteiger partial charge on any atom is 0.435 e. The van der Waals surface area contributed by atoms with Gasteiger partial charge in [-0.2, -0.15) is 18.3 Å². The van der Waals surface area contributed by atoms with Crippen molar-refractivity contribution in [2.45, 2.75) is 32.5 Å². The van der Waals surface area contributed by atoms with Crippen LogP contribution < -0.4 is 5.32 Å². The zero-order chi connectivity index (χ0) is 19.9. The van der Waals surface area contributed by atoms with Crippen molar-refractivity contribution in [2.24, 2.45) is 0 Å². The van der Waals surface area contributed by atoms with Gasteiger partial charge in [-0.15, -0.1) is 0 Å². The molecule has 0 spiro atoms. The van der Waals surface area contributed by atoms with Gasteiger partial charge in [0.1, 0.15) is 17.1 Å². The van der Waals surface area contributed by atoms with Crippen LogP contribution in [0.25, 0.3) is 5.69 Å². The average Bonchev–Trinajstić information content (AvgIpc) is 2.78. The molecule has 26 heavy (non-hydrogen) atoms. The first kappa shape index (κ1) is 19.6. The third kappa shape index (κ3) is 4.27. The fraction of sp³-hybridized carbons (Fsp3) is 0.333. The van der Waals surface area contributed by atoms with Crippen molar-refractivity contribution in [3.63, 3.8) is 0 Å². The molecule has 1 aromatic heterocycles. The first-order valence-corrected chi connectivity index (χ1v) is 7.10. The molecule has 1 amide bonds. The number of ether oxygens (including phenoxy) is 1. The lowest BCUT2D eigenvalue weighted by Gasteiger charge is -2.20. The van der Waals surface area contributed by atoms with Crippen LogP contribution in [0.15, 0.2) is 18.3 Å². The Balaban J connectivity index is 2.54. The van der Waals surface area contributed by atoms with Gasteiger partial charge in [0, 0.05) is 12.1 Å². The second-order valence-corrected chi connectivity index (χ2v) is 6.16. The molecule has 0 aliphatic carbocycles. The van der Waals surface area contributed by atoms with E-state index in [1.165, 1.54) is 20.8 Å². The van der Waals surface area contributed by atoms with Crippen LogP contribution in [0.5, 0.6) is 0 Å². The van der Waals surface area contributed by atoms with Gasteiger partial charge in [0.25, 0.3) is 0 Å². The molecule has 11 heteroatoms. The van der Waals surface area contributed by atoms with Crippen molar-refractivity contribution in [3.05, 3.63) is 41.5 Å². The van der Waals surface area contributed by atoms with Crippen LogP contribution in [0.2, 0.25) is 0 Å².